The largest absolute Gasteiger partial charge is 0.0649 e. The summed E-state index contributed by atoms with van der Waals surface area (Å²) in [6, 6.07) is 9.12. The van der Waals surface area contributed by atoms with Crippen LogP contribution in [0.25, 0.3) is 0 Å². The second-order valence-corrected chi connectivity index (χ2v) is 7.55. The zero-order valence-electron chi connectivity index (χ0n) is 13.3. The van der Waals surface area contributed by atoms with Crippen LogP contribution in [0.15, 0.2) is 24.3 Å². The lowest BCUT2D eigenvalue weighted by Crippen LogP contribution is -2.25. The van der Waals surface area contributed by atoms with Crippen molar-refractivity contribution in [3.05, 3.63) is 35.4 Å². The molecule has 0 aromatic heterocycles. The predicted molar refractivity (Wildman–Crippen MR) is 82.1 cm³/mol. The summed E-state index contributed by atoms with van der Waals surface area (Å²) in [7, 11) is 0. The molecule has 0 amide bonds. The van der Waals surface area contributed by atoms with Crippen LogP contribution in [0.5, 0.6) is 0 Å². The summed E-state index contributed by atoms with van der Waals surface area (Å²) in [4.78, 5) is 0. The van der Waals surface area contributed by atoms with Gasteiger partial charge in [-0.3, -0.25) is 0 Å². The van der Waals surface area contributed by atoms with Crippen molar-refractivity contribution in [1.29, 1.82) is 0 Å². The van der Waals surface area contributed by atoms with Crippen LogP contribution >= 0.6 is 0 Å². The lowest BCUT2D eigenvalue weighted by atomic mass is 9.68. The van der Waals surface area contributed by atoms with Gasteiger partial charge in [-0.05, 0) is 35.7 Å². The molecule has 0 aliphatic rings. The highest BCUT2D eigenvalue weighted by Gasteiger charge is 2.31. The first-order chi connectivity index (χ1) is 8.15. The molecule has 0 nitrogen and oxygen atoms in total. The molecule has 0 heteroatoms. The topological polar surface area (TPSA) is 0 Å². The van der Waals surface area contributed by atoms with Crippen molar-refractivity contribution in [2.45, 2.75) is 67.2 Å². The molecule has 0 radical (unpaired) electrons. The fraction of sp³-hybridized carbons (Fsp3) is 0.667. The minimum atomic E-state index is 0.321. The molecule has 1 rings (SSSR count). The highest BCUT2D eigenvalue weighted by molar-refractivity contribution is 5.26. The maximum atomic E-state index is 2.39. The second-order valence-electron chi connectivity index (χ2n) is 7.55. The van der Waals surface area contributed by atoms with Gasteiger partial charge in [0.05, 0.1) is 0 Å². The van der Waals surface area contributed by atoms with E-state index in [1.807, 2.05) is 0 Å². The van der Waals surface area contributed by atoms with Crippen molar-refractivity contribution in [2.75, 3.05) is 0 Å². The Balaban J connectivity index is 3.03. The van der Waals surface area contributed by atoms with Crippen LogP contribution in [0, 0.1) is 17.8 Å². The number of hydrogen-bond donors (Lipinski definition) is 0. The molecule has 0 saturated heterocycles. The van der Waals surface area contributed by atoms with Gasteiger partial charge in [0.1, 0.15) is 0 Å². The molecule has 1 aromatic rings. The minimum absolute atomic E-state index is 0.321. The Morgan fingerprint density at radius 2 is 1.44 bits per heavy atom. The Kier molecular flexibility index (Phi) is 4.64. The summed E-state index contributed by atoms with van der Waals surface area (Å²) in [6.07, 6.45) is 2.50. The van der Waals surface area contributed by atoms with E-state index in [4.69, 9.17) is 0 Å². The van der Waals surface area contributed by atoms with Gasteiger partial charge in [0.15, 0.2) is 0 Å². The molecule has 0 saturated carbocycles. The van der Waals surface area contributed by atoms with Gasteiger partial charge in [0.25, 0.3) is 0 Å². The van der Waals surface area contributed by atoms with E-state index in [-0.39, 0.29) is 0 Å². The molecule has 0 bridgehead atoms. The maximum absolute atomic E-state index is 2.39. The maximum Gasteiger partial charge on any atom is -0.0108 e. The molecule has 0 aliphatic heterocycles. The lowest BCUT2D eigenvalue weighted by Gasteiger charge is -2.37. The van der Waals surface area contributed by atoms with E-state index in [2.05, 4.69) is 72.7 Å². The monoisotopic (exact) mass is 246 g/mol. The Labute approximate surface area is 114 Å². The summed E-state index contributed by atoms with van der Waals surface area (Å²) < 4.78 is 0. The first kappa shape index (κ1) is 15.3. The molecule has 0 spiro atoms. The molecular weight excluding hydrogens is 216 g/mol. The zero-order valence-corrected chi connectivity index (χ0v) is 13.3. The number of rotatable bonds is 4. The smallest absolute Gasteiger partial charge is 0.0108 e. The van der Waals surface area contributed by atoms with E-state index in [1.165, 1.54) is 24.0 Å². The highest BCUT2D eigenvalue weighted by atomic mass is 14.4. The lowest BCUT2D eigenvalue weighted by molar-refractivity contribution is 0.209. The van der Waals surface area contributed by atoms with Gasteiger partial charge in [-0.2, -0.15) is 0 Å². The molecule has 1 atom stereocenters. The number of benzene rings is 1. The fourth-order valence-corrected chi connectivity index (χ4v) is 2.42. The predicted octanol–water partition coefficient (Wildman–Crippen LogP) is 5.95. The van der Waals surface area contributed by atoms with Crippen molar-refractivity contribution >= 4 is 0 Å². The SMILES string of the molecule is CCC(C)(C)CC(c1ccc(C)cc1)C(C)(C)C. The summed E-state index contributed by atoms with van der Waals surface area (Å²) >= 11 is 0. The Morgan fingerprint density at radius 1 is 0.944 bits per heavy atom. The van der Waals surface area contributed by atoms with Crippen molar-refractivity contribution < 1.29 is 0 Å². The van der Waals surface area contributed by atoms with Gasteiger partial charge in [0, 0.05) is 0 Å². The fourth-order valence-electron chi connectivity index (χ4n) is 2.42. The molecule has 0 fully saturated rings. The van der Waals surface area contributed by atoms with E-state index in [0.717, 1.165) is 0 Å². The van der Waals surface area contributed by atoms with Crippen LogP contribution in [0.1, 0.15) is 71.4 Å². The third-order valence-corrected chi connectivity index (χ3v) is 4.24. The molecule has 0 aliphatic carbocycles. The van der Waals surface area contributed by atoms with Crippen LogP contribution in [0.2, 0.25) is 0 Å². The Morgan fingerprint density at radius 3 is 1.83 bits per heavy atom. The van der Waals surface area contributed by atoms with Crippen LogP contribution in [0.4, 0.5) is 0 Å². The van der Waals surface area contributed by atoms with Crippen molar-refractivity contribution in [3.8, 4) is 0 Å². The van der Waals surface area contributed by atoms with Gasteiger partial charge in [-0.1, -0.05) is 77.8 Å². The van der Waals surface area contributed by atoms with Crippen LogP contribution in [0.3, 0.4) is 0 Å². The van der Waals surface area contributed by atoms with E-state index in [9.17, 15) is 0 Å². The summed E-state index contributed by atoms with van der Waals surface area (Å²) in [5.41, 5.74) is 3.58. The van der Waals surface area contributed by atoms with Gasteiger partial charge < -0.3 is 0 Å². The van der Waals surface area contributed by atoms with Crippen molar-refractivity contribution in [1.82, 2.24) is 0 Å². The summed E-state index contributed by atoms with van der Waals surface area (Å²) in [5.74, 6) is 0.632. The van der Waals surface area contributed by atoms with Crippen LogP contribution in [-0.4, -0.2) is 0 Å². The third-order valence-electron chi connectivity index (χ3n) is 4.24. The average Bonchev–Trinajstić information content (AvgIpc) is 2.26. The van der Waals surface area contributed by atoms with Gasteiger partial charge in [-0.15, -0.1) is 0 Å². The van der Waals surface area contributed by atoms with Gasteiger partial charge >= 0.3 is 0 Å². The van der Waals surface area contributed by atoms with Gasteiger partial charge in [-0.25, -0.2) is 0 Å². The summed E-state index contributed by atoms with van der Waals surface area (Å²) in [6.45, 7) is 16.3. The molecule has 18 heavy (non-hydrogen) atoms. The van der Waals surface area contributed by atoms with Crippen LogP contribution in [-0.2, 0) is 0 Å². The van der Waals surface area contributed by atoms with E-state index in [0.29, 0.717) is 16.7 Å². The van der Waals surface area contributed by atoms with E-state index < -0.39 is 0 Å². The highest BCUT2D eigenvalue weighted by Crippen LogP contribution is 2.44. The summed E-state index contributed by atoms with van der Waals surface area (Å²) in [5, 5.41) is 0. The Hall–Kier alpha value is -0.780. The second kappa shape index (κ2) is 5.47. The molecule has 1 aromatic carbocycles. The quantitative estimate of drug-likeness (QED) is 0.615. The Bertz CT molecular complexity index is 362. The number of aryl methyl sites for hydroxylation is 1. The van der Waals surface area contributed by atoms with Crippen molar-refractivity contribution in [2.24, 2.45) is 10.8 Å². The van der Waals surface area contributed by atoms with Crippen molar-refractivity contribution in [3.63, 3.8) is 0 Å². The zero-order chi connectivity index (χ0) is 14.0. The van der Waals surface area contributed by atoms with Crippen LogP contribution < -0.4 is 0 Å². The molecule has 1 unspecified atom stereocenters. The standard InChI is InChI=1S/C18H30/c1-8-18(6,7)13-16(17(3,4)5)15-11-9-14(2)10-12-15/h9-12,16H,8,13H2,1-7H3. The minimum Gasteiger partial charge on any atom is -0.0649 e. The third kappa shape index (κ3) is 4.15. The average molecular weight is 246 g/mol. The molecule has 0 heterocycles. The molecule has 0 N–H and O–H groups in total. The van der Waals surface area contributed by atoms with Gasteiger partial charge in [0.2, 0.25) is 0 Å². The molecular formula is C18H30. The first-order valence-corrected chi connectivity index (χ1v) is 7.22. The normalized spacial score (nSPS) is 14.6. The first-order valence-electron chi connectivity index (χ1n) is 7.22. The molecule has 102 valence electrons. The number of hydrogen-bond acceptors (Lipinski definition) is 0. The van der Waals surface area contributed by atoms with E-state index >= 15 is 0 Å². The van der Waals surface area contributed by atoms with E-state index in [1.54, 1.807) is 0 Å².